The number of amides is 1. The zero-order valence-corrected chi connectivity index (χ0v) is 12.3. The molecule has 0 aliphatic carbocycles. The van der Waals surface area contributed by atoms with Crippen molar-refractivity contribution in [3.63, 3.8) is 0 Å². The third-order valence-electron chi connectivity index (χ3n) is 4.19. The van der Waals surface area contributed by atoms with Crippen molar-refractivity contribution in [3.8, 4) is 0 Å². The van der Waals surface area contributed by atoms with Gasteiger partial charge in [-0.2, -0.15) is 0 Å². The molecule has 1 heterocycles. The minimum Gasteiger partial charge on any atom is -0.342 e. The fourth-order valence-electron chi connectivity index (χ4n) is 2.81. The Hall–Kier alpha value is -1.49. The van der Waals surface area contributed by atoms with E-state index in [0.717, 1.165) is 25.5 Å². The lowest BCUT2D eigenvalue weighted by molar-refractivity contribution is -0.133. The number of nitrogens with two attached hydrogens (primary N) is 1. The SMILES string of the molecule is C[C@@H](N)[C@H]1CCCN(C(=O)CCc2cccc(F)c2F)C1. The molecule has 1 saturated heterocycles. The van der Waals surface area contributed by atoms with Crippen molar-refractivity contribution >= 4 is 5.91 Å². The Morgan fingerprint density at radius 2 is 2.24 bits per heavy atom. The highest BCUT2D eigenvalue weighted by atomic mass is 19.2. The van der Waals surface area contributed by atoms with Crippen LogP contribution in [-0.2, 0) is 11.2 Å². The van der Waals surface area contributed by atoms with Crippen LogP contribution >= 0.6 is 0 Å². The standard InChI is InChI=1S/C16H22F2N2O/c1-11(19)13-5-3-9-20(10-13)15(21)8-7-12-4-2-6-14(17)16(12)18/h2,4,6,11,13H,3,5,7-10,19H2,1H3/t11-,13+/m1/s1. The number of carbonyl (C=O) groups excluding carboxylic acids is 1. The predicted octanol–water partition coefficient (Wildman–Crippen LogP) is 2.48. The summed E-state index contributed by atoms with van der Waals surface area (Å²) in [6.45, 7) is 3.36. The van der Waals surface area contributed by atoms with Gasteiger partial charge in [-0.1, -0.05) is 12.1 Å². The van der Waals surface area contributed by atoms with Crippen molar-refractivity contribution in [1.82, 2.24) is 4.90 Å². The van der Waals surface area contributed by atoms with E-state index in [4.69, 9.17) is 5.73 Å². The van der Waals surface area contributed by atoms with Gasteiger partial charge in [0, 0.05) is 25.6 Å². The fourth-order valence-corrected chi connectivity index (χ4v) is 2.81. The molecule has 1 fully saturated rings. The average molecular weight is 296 g/mol. The van der Waals surface area contributed by atoms with Crippen LogP contribution in [0.2, 0.25) is 0 Å². The highest BCUT2D eigenvalue weighted by Crippen LogP contribution is 2.20. The maximum absolute atomic E-state index is 13.5. The lowest BCUT2D eigenvalue weighted by Crippen LogP contribution is -2.45. The fraction of sp³-hybridized carbons (Fsp3) is 0.562. The second-order valence-electron chi connectivity index (χ2n) is 5.81. The molecule has 2 atom stereocenters. The third kappa shape index (κ3) is 4.00. The Morgan fingerprint density at radius 1 is 1.48 bits per heavy atom. The van der Waals surface area contributed by atoms with Gasteiger partial charge in [0.2, 0.25) is 5.91 Å². The summed E-state index contributed by atoms with van der Waals surface area (Å²) in [7, 11) is 0. The number of hydrogen-bond donors (Lipinski definition) is 1. The zero-order valence-electron chi connectivity index (χ0n) is 12.3. The summed E-state index contributed by atoms with van der Waals surface area (Å²) in [4.78, 5) is 14.0. The highest BCUT2D eigenvalue weighted by Gasteiger charge is 2.25. The molecule has 116 valence electrons. The topological polar surface area (TPSA) is 46.3 Å². The number of hydrogen-bond acceptors (Lipinski definition) is 2. The molecule has 3 nitrogen and oxygen atoms in total. The molecule has 1 aromatic carbocycles. The van der Waals surface area contributed by atoms with Crippen molar-refractivity contribution < 1.29 is 13.6 Å². The van der Waals surface area contributed by atoms with Crippen molar-refractivity contribution in [2.45, 2.75) is 38.6 Å². The van der Waals surface area contributed by atoms with Gasteiger partial charge in [-0.05, 0) is 43.7 Å². The number of likely N-dealkylation sites (tertiary alicyclic amines) is 1. The molecule has 1 aromatic rings. The van der Waals surface area contributed by atoms with Gasteiger partial charge in [0.1, 0.15) is 0 Å². The molecule has 0 unspecified atom stereocenters. The summed E-state index contributed by atoms with van der Waals surface area (Å²) in [5, 5.41) is 0. The highest BCUT2D eigenvalue weighted by molar-refractivity contribution is 5.76. The number of carbonyl (C=O) groups is 1. The van der Waals surface area contributed by atoms with Crippen molar-refractivity contribution in [2.75, 3.05) is 13.1 Å². The Kier molecular flexibility index (Phi) is 5.28. The normalized spacial score (nSPS) is 20.4. The number of rotatable bonds is 4. The molecule has 2 rings (SSSR count). The molecule has 1 aliphatic rings. The molecule has 0 bridgehead atoms. The van der Waals surface area contributed by atoms with E-state index in [1.54, 1.807) is 4.90 Å². The van der Waals surface area contributed by atoms with Crippen LogP contribution in [0.1, 0.15) is 31.7 Å². The Balaban J connectivity index is 1.91. The van der Waals surface area contributed by atoms with Crippen LogP contribution in [0.3, 0.4) is 0 Å². The second kappa shape index (κ2) is 6.98. The number of aryl methyl sites for hydroxylation is 1. The van der Waals surface area contributed by atoms with Gasteiger partial charge in [-0.25, -0.2) is 8.78 Å². The van der Waals surface area contributed by atoms with E-state index in [9.17, 15) is 13.6 Å². The van der Waals surface area contributed by atoms with E-state index in [2.05, 4.69) is 0 Å². The van der Waals surface area contributed by atoms with Crippen LogP contribution in [0.25, 0.3) is 0 Å². The predicted molar refractivity (Wildman–Crippen MR) is 77.6 cm³/mol. The van der Waals surface area contributed by atoms with Gasteiger partial charge >= 0.3 is 0 Å². The van der Waals surface area contributed by atoms with Crippen LogP contribution < -0.4 is 5.73 Å². The van der Waals surface area contributed by atoms with Crippen LogP contribution in [0.5, 0.6) is 0 Å². The van der Waals surface area contributed by atoms with Crippen LogP contribution in [-0.4, -0.2) is 29.9 Å². The monoisotopic (exact) mass is 296 g/mol. The van der Waals surface area contributed by atoms with Crippen molar-refractivity contribution in [2.24, 2.45) is 11.7 Å². The quantitative estimate of drug-likeness (QED) is 0.928. The smallest absolute Gasteiger partial charge is 0.222 e. The first-order chi connectivity index (χ1) is 9.99. The summed E-state index contributed by atoms with van der Waals surface area (Å²) < 4.78 is 26.7. The van der Waals surface area contributed by atoms with E-state index in [1.165, 1.54) is 12.1 Å². The first-order valence-corrected chi connectivity index (χ1v) is 7.45. The molecule has 2 N–H and O–H groups in total. The van der Waals surface area contributed by atoms with E-state index >= 15 is 0 Å². The largest absolute Gasteiger partial charge is 0.342 e. The minimum atomic E-state index is -0.866. The van der Waals surface area contributed by atoms with E-state index in [-0.39, 0.29) is 30.4 Å². The van der Waals surface area contributed by atoms with Crippen LogP contribution in [0.15, 0.2) is 18.2 Å². The number of nitrogens with zero attached hydrogens (tertiary/aromatic N) is 1. The third-order valence-corrected chi connectivity index (χ3v) is 4.19. The number of piperidine rings is 1. The van der Waals surface area contributed by atoms with Gasteiger partial charge in [-0.15, -0.1) is 0 Å². The molecule has 1 aliphatic heterocycles. The van der Waals surface area contributed by atoms with Gasteiger partial charge < -0.3 is 10.6 Å². The van der Waals surface area contributed by atoms with Crippen LogP contribution in [0.4, 0.5) is 8.78 Å². The molecule has 1 amide bonds. The molecule has 0 saturated carbocycles. The molecule has 0 spiro atoms. The number of halogens is 2. The Morgan fingerprint density at radius 3 is 2.95 bits per heavy atom. The van der Waals surface area contributed by atoms with Gasteiger partial charge in [-0.3, -0.25) is 4.79 Å². The summed E-state index contributed by atoms with van der Waals surface area (Å²) in [5.74, 6) is -1.40. The van der Waals surface area contributed by atoms with Gasteiger partial charge in [0.25, 0.3) is 0 Å². The van der Waals surface area contributed by atoms with Crippen LogP contribution in [0, 0.1) is 17.6 Å². The zero-order chi connectivity index (χ0) is 15.4. The molecule has 5 heteroatoms. The second-order valence-corrected chi connectivity index (χ2v) is 5.81. The molecule has 0 aromatic heterocycles. The maximum Gasteiger partial charge on any atom is 0.222 e. The lowest BCUT2D eigenvalue weighted by atomic mass is 9.92. The van der Waals surface area contributed by atoms with Crippen molar-refractivity contribution in [3.05, 3.63) is 35.4 Å². The van der Waals surface area contributed by atoms with E-state index in [1.807, 2.05) is 6.92 Å². The molecule has 21 heavy (non-hydrogen) atoms. The molecular formula is C16H22F2N2O. The molecular weight excluding hydrogens is 274 g/mol. The Bertz CT molecular complexity index is 505. The Labute approximate surface area is 124 Å². The first kappa shape index (κ1) is 15.9. The van der Waals surface area contributed by atoms with E-state index in [0.29, 0.717) is 12.5 Å². The summed E-state index contributed by atoms with van der Waals surface area (Å²) in [5.41, 5.74) is 6.16. The summed E-state index contributed by atoms with van der Waals surface area (Å²) >= 11 is 0. The number of benzene rings is 1. The van der Waals surface area contributed by atoms with E-state index < -0.39 is 11.6 Å². The maximum atomic E-state index is 13.5. The lowest BCUT2D eigenvalue weighted by Gasteiger charge is -2.34. The average Bonchev–Trinajstić information content (AvgIpc) is 2.48. The van der Waals surface area contributed by atoms with Gasteiger partial charge in [0.05, 0.1) is 0 Å². The summed E-state index contributed by atoms with van der Waals surface area (Å²) in [6, 6.07) is 4.14. The molecule has 0 radical (unpaired) electrons. The first-order valence-electron chi connectivity index (χ1n) is 7.45. The van der Waals surface area contributed by atoms with Gasteiger partial charge in [0.15, 0.2) is 11.6 Å². The minimum absolute atomic E-state index is 0.0102. The van der Waals surface area contributed by atoms with Crippen molar-refractivity contribution in [1.29, 1.82) is 0 Å². The summed E-state index contributed by atoms with van der Waals surface area (Å²) in [6.07, 6.45) is 2.42.